The molecule has 1 atom stereocenters. The van der Waals surface area contributed by atoms with Crippen LogP contribution in [0.5, 0.6) is 0 Å². The van der Waals surface area contributed by atoms with Gasteiger partial charge in [0.2, 0.25) is 0 Å². The lowest BCUT2D eigenvalue weighted by Gasteiger charge is -2.13. The van der Waals surface area contributed by atoms with Crippen molar-refractivity contribution in [3.8, 4) is 0 Å². The first kappa shape index (κ1) is 13.7. The topological polar surface area (TPSA) is 12.0 Å². The molecule has 0 unspecified atom stereocenters. The Hall–Kier alpha value is -0.300. The highest BCUT2D eigenvalue weighted by molar-refractivity contribution is 4.93. The van der Waals surface area contributed by atoms with Crippen molar-refractivity contribution < 1.29 is 0 Å². The molecule has 0 bridgehead atoms. The molecule has 0 aliphatic rings. The van der Waals surface area contributed by atoms with Crippen LogP contribution in [0.3, 0.4) is 0 Å². The van der Waals surface area contributed by atoms with Gasteiger partial charge in [-0.05, 0) is 52.5 Å². The monoisotopic (exact) mass is 197 g/mol. The third-order valence-corrected chi connectivity index (χ3v) is 2.37. The Morgan fingerprint density at radius 2 is 1.79 bits per heavy atom. The molecule has 1 nitrogen and oxygen atoms in total. The molecule has 0 aliphatic carbocycles. The normalized spacial score (nSPS) is 13.0. The van der Waals surface area contributed by atoms with E-state index in [4.69, 9.17) is 0 Å². The van der Waals surface area contributed by atoms with Gasteiger partial charge in [-0.2, -0.15) is 0 Å². The molecular weight excluding hydrogens is 170 g/mol. The van der Waals surface area contributed by atoms with Crippen molar-refractivity contribution in [2.24, 2.45) is 5.92 Å². The van der Waals surface area contributed by atoms with Crippen molar-refractivity contribution >= 4 is 0 Å². The van der Waals surface area contributed by atoms with E-state index < -0.39 is 0 Å². The second-order valence-corrected chi connectivity index (χ2v) is 4.90. The van der Waals surface area contributed by atoms with Crippen molar-refractivity contribution in [3.63, 3.8) is 0 Å². The molecule has 0 saturated carbocycles. The lowest BCUT2D eigenvalue weighted by Crippen LogP contribution is -2.27. The molecule has 0 aromatic carbocycles. The highest BCUT2D eigenvalue weighted by Gasteiger charge is 2.00. The first-order chi connectivity index (χ1) is 6.52. The summed E-state index contributed by atoms with van der Waals surface area (Å²) in [5.41, 5.74) is 1.43. The van der Waals surface area contributed by atoms with E-state index in [0.29, 0.717) is 6.04 Å². The first-order valence-corrected chi connectivity index (χ1v) is 5.89. The van der Waals surface area contributed by atoms with Crippen molar-refractivity contribution in [2.45, 2.75) is 59.9 Å². The summed E-state index contributed by atoms with van der Waals surface area (Å²) >= 11 is 0. The highest BCUT2D eigenvalue weighted by atomic mass is 14.9. The summed E-state index contributed by atoms with van der Waals surface area (Å²) < 4.78 is 0. The zero-order chi connectivity index (χ0) is 11.0. The van der Waals surface area contributed by atoms with Gasteiger partial charge in [0.15, 0.2) is 0 Å². The van der Waals surface area contributed by atoms with Gasteiger partial charge in [-0.3, -0.25) is 0 Å². The van der Waals surface area contributed by atoms with E-state index in [2.05, 4.69) is 46.0 Å². The summed E-state index contributed by atoms with van der Waals surface area (Å²) in [6, 6.07) is 0.657. The standard InChI is InChI=1S/C13H27N/c1-11(2)7-6-8-13(5)14-10-9-12(3)4/h7,12-14H,6,8-10H2,1-5H3/t13-/m1/s1. The number of nitrogens with one attached hydrogen (secondary N) is 1. The van der Waals surface area contributed by atoms with Gasteiger partial charge in [0.05, 0.1) is 0 Å². The molecule has 14 heavy (non-hydrogen) atoms. The Labute approximate surface area is 90.0 Å². The Kier molecular flexibility index (Phi) is 7.87. The van der Waals surface area contributed by atoms with E-state index >= 15 is 0 Å². The largest absolute Gasteiger partial charge is 0.314 e. The zero-order valence-electron chi connectivity index (χ0n) is 10.6. The van der Waals surface area contributed by atoms with Crippen molar-refractivity contribution in [3.05, 3.63) is 11.6 Å². The maximum atomic E-state index is 3.56. The maximum absolute atomic E-state index is 3.56. The summed E-state index contributed by atoms with van der Waals surface area (Å²) in [4.78, 5) is 0. The van der Waals surface area contributed by atoms with Gasteiger partial charge in [-0.25, -0.2) is 0 Å². The predicted octanol–water partition coefficient (Wildman–Crippen LogP) is 3.76. The smallest absolute Gasteiger partial charge is 0.00416 e. The van der Waals surface area contributed by atoms with Crippen LogP contribution in [-0.4, -0.2) is 12.6 Å². The summed E-state index contributed by atoms with van der Waals surface area (Å²) in [7, 11) is 0. The van der Waals surface area contributed by atoms with Crippen LogP contribution in [0.15, 0.2) is 11.6 Å². The minimum Gasteiger partial charge on any atom is -0.314 e. The van der Waals surface area contributed by atoms with Gasteiger partial charge in [-0.1, -0.05) is 25.5 Å². The van der Waals surface area contributed by atoms with E-state index in [1.165, 1.54) is 24.8 Å². The maximum Gasteiger partial charge on any atom is 0.00416 e. The molecule has 0 saturated heterocycles. The minimum absolute atomic E-state index is 0.657. The first-order valence-electron chi connectivity index (χ1n) is 5.89. The van der Waals surface area contributed by atoms with Gasteiger partial charge >= 0.3 is 0 Å². The lowest BCUT2D eigenvalue weighted by molar-refractivity contribution is 0.471. The molecule has 0 rings (SSSR count). The van der Waals surface area contributed by atoms with Gasteiger partial charge in [-0.15, -0.1) is 0 Å². The summed E-state index contributed by atoms with van der Waals surface area (Å²) in [5.74, 6) is 0.812. The fourth-order valence-electron chi connectivity index (χ4n) is 1.34. The summed E-state index contributed by atoms with van der Waals surface area (Å²) in [5, 5.41) is 3.56. The fraction of sp³-hybridized carbons (Fsp3) is 0.846. The lowest BCUT2D eigenvalue weighted by atomic mass is 10.1. The van der Waals surface area contributed by atoms with Crippen LogP contribution < -0.4 is 5.32 Å². The molecule has 0 spiro atoms. The average Bonchev–Trinajstić information content (AvgIpc) is 2.02. The van der Waals surface area contributed by atoms with Crippen LogP contribution >= 0.6 is 0 Å². The summed E-state index contributed by atoms with van der Waals surface area (Å²) in [6.07, 6.45) is 6.06. The highest BCUT2D eigenvalue weighted by Crippen LogP contribution is 2.02. The molecule has 84 valence electrons. The van der Waals surface area contributed by atoms with Crippen molar-refractivity contribution in [1.29, 1.82) is 0 Å². The molecule has 0 radical (unpaired) electrons. The van der Waals surface area contributed by atoms with Gasteiger partial charge in [0.1, 0.15) is 0 Å². The minimum atomic E-state index is 0.657. The van der Waals surface area contributed by atoms with Crippen LogP contribution in [0.1, 0.15) is 53.9 Å². The van der Waals surface area contributed by atoms with Crippen LogP contribution in [0, 0.1) is 5.92 Å². The van der Waals surface area contributed by atoms with Crippen LogP contribution in [0.2, 0.25) is 0 Å². The number of hydrogen-bond donors (Lipinski definition) is 1. The average molecular weight is 197 g/mol. The quantitative estimate of drug-likeness (QED) is 0.613. The number of hydrogen-bond acceptors (Lipinski definition) is 1. The molecule has 0 aromatic heterocycles. The van der Waals surface area contributed by atoms with Gasteiger partial charge in [0.25, 0.3) is 0 Å². The van der Waals surface area contributed by atoms with E-state index in [1.807, 2.05) is 0 Å². The van der Waals surface area contributed by atoms with E-state index in [9.17, 15) is 0 Å². The Bertz CT molecular complexity index is 155. The third-order valence-electron chi connectivity index (χ3n) is 2.37. The zero-order valence-corrected chi connectivity index (χ0v) is 10.6. The van der Waals surface area contributed by atoms with E-state index in [0.717, 1.165) is 12.5 Å². The van der Waals surface area contributed by atoms with E-state index in [1.54, 1.807) is 0 Å². The third kappa shape index (κ3) is 9.79. The molecule has 0 heterocycles. The molecule has 0 aliphatic heterocycles. The SMILES string of the molecule is CC(C)=CCC[C@@H](C)NCCC(C)C. The fourth-order valence-corrected chi connectivity index (χ4v) is 1.34. The van der Waals surface area contributed by atoms with Crippen LogP contribution in [0.25, 0.3) is 0 Å². The second kappa shape index (κ2) is 8.05. The predicted molar refractivity (Wildman–Crippen MR) is 65.6 cm³/mol. The second-order valence-electron chi connectivity index (χ2n) is 4.90. The molecule has 0 aromatic rings. The summed E-state index contributed by atoms with van der Waals surface area (Å²) in [6.45, 7) is 12.3. The Morgan fingerprint density at radius 3 is 2.29 bits per heavy atom. The Morgan fingerprint density at radius 1 is 1.14 bits per heavy atom. The number of allylic oxidation sites excluding steroid dienone is 2. The van der Waals surface area contributed by atoms with Crippen molar-refractivity contribution in [1.82, 2.24) is 5.32 Å². The molecule has 0 fully saturated rings. The van der Waals surface area contributed by atoms with E-state index in [-0.39, 0.29) is 0 Å². The van der Waals surface area contributed by atoms with Crippen LogP contribution in [0.4, 0.5) is 0 Å². The van der Waals surface area contributed by atoms with Gasteiger partial charge in [0, 0.05) is 6.04 Å². The molecule has 0 amide bonds. The molecule has 1 heteroatoms. The number of rotatable bonds is 7. The molecule has 1 N–H and O–H groups in total. The Balaban J connectivity index is 3.37. The van der Waals surface area contributed by atoms with Gasteiger partial charge < -0.3 is 5.32 Å². The van der Waals surface area contributed by atoms with Crippen molar-refractivity contribution in [2.75, 3.05) is 6.54 Å². The van der Waals surface area contributed by atoms with Crippen LogP contribution in [-0.2, 0) is 0 Å². The molecular formula is C13H27N.